The molecule has 0 saturated carbocycles. The van der Waals surface area contributed by atoms with E-state index >= 15 is 0 Å². The van der Waals surface area contributed by atoms with E-state index in [-0.39, 0.29) is 0 Å². The van der Waals surface area contributed by atoms with E-state index in [2.05, 4.69) is 0 Å². The topological polar surface area (TPSA) is 61.3 Å². The van der Waals surface area contributed by atoms with Crippen LogP contribution in [0.15, 0.2) is 24.6 Å². The maximum absolute atomic E-state index is 5.22. The van der Waals surface area contributed by atoms with Crippen molar-refractivity contribution in [3.8, 4) is 0 Å². The van der Waals surface area contributed by atoms with Crippen LogP contribution in [0.25, 0.3) is 0 Å². The molecule has 0 bridgehead atoms. The summed E-state index contributed by atoms with van der Waals surface area (Å²) in [5.41, 5.74) is 10.3. The molecule has 0 aromatic carbocycles. The van der Waals surface area contributed by atoms with Gasteiger partial charge in [-0.05, 0) is 25.2 Å². The molecule has 0 aliphatic heterocycles. The summed E-state index contributed by atoms with van der Waals surface area (Å²) in [6.07, 6.45) is 8.56. The van der Waals surface area contributed by atoms with Gasteiger partial charge in [-0.1, -0.05) is 12.2 Å². The summed E-state index contributed by atoms with van der Waals surface area (Å²) in [4.78, 5) is 0. The van der Waals surface area contributed by atoms with Gasteiger partial charge in [-0.15, -0.1) is 0 Å². The minimum absolute atomic E-state index is 0.728. The zero-order valence-corrected chi connectivity index (χ0v) is 6.70. The molecule has 3 nitrogen and oxygen atoms in total. The van der Waals surface area contributed by atoms with E-state index < -0.39 is 0 Å². The molecule has 64 valence electrons. The molecule has 0 radical (unpaired) electrons. The molecule has 0 aromatic heterocycles. The van der Waals surface area contributed by atoms with Crippen molar-refractivity contribution in [2.24, 2.45) is 11.5 Å². The maximum Gasteiger partial charge on any atom is 0.0501 e. The lowest BCUT2D eigenvalue weighted by Crippen LogP contribution is -1.95. The Morgan fingerprint density at radius 3 is 1.73 bits per heavy atom. The fourth-order valence-corrected chi connectivity index (χ4v) is 0.597. The van der Waals surface area contributed by atoms with Gasteiger partial charge in [-0.2, -0.15) is 0 Å². The molecule has 3 heteroatoms. The zero-order valence-electron chi connectivity index (χ0n) is 6.70. The molecule has 0 aliphatic rings. The van der Waals surface area contributed by atoms with Crippen molar-refractivity contribution in [2.45, 2.75) is 12.8 Å². The molecule has 0 aromatic rings. The molecule has 0 fully saturated rings. The Balaban J connectivity index is 2.90. The van der Waals surface area contributed by atoms with E-state index in [9.17, 15) is 0 Å². The first-order valence-electron chi connectivity index (χ1n) is 3.73. The lowest BCUT2D eigenvalue weighted by molar-refractivity contribution is 0.143. The van der Waals surface area contributed by atoms with Crippen molar-refractivity contribution in [1.29, 1.82) is 0 Å². The van der Waals surface area contributed by atoms with Gasteiger partial charge in [-0.3, -0.25) is 0 Å². The Morgan fingerprint density at radius 2 is 1.36 bits per heavy atom. The van der Waals surface area contributed by atoms with Crippen LogP contribution < -0.4 is 11.5 Å². The second kappa shape index (κ2) is 9.04. The zero-order chi connectivity index (χ0) is 8.36. The van der Waals surface area contributed by atoms with Crippen LogP contribution in [-0.2, 0) is 4.74 Å². The number of rotatable bonds is 6. The van der Waals surface area contributed by atoms with E-state index in [0.29, 0.717) is 0 Å². The van der Waals surface area contributed by atoms with Crippen LogP contribution in [-0.4, -0.2) is 13.2 Å². The fraction of sp³-hybridized carbons (Fsp3) is 0.500. The number of hydrogen-bond donors (Lipinski definition) is 2. The van der Waals surface area contributed by atoms with Crippen molar-refractivity contribution in [2.75, 3.05) is 13.2 Å². The van der Waals surface area contributed by atoms with E-state index in [1.165, 1.54) is 12.4 Å². The molecule has 0 amide bonds. The molecule has 11 heavy (non-hydrogen) atoms. The summed E-state index contributed by atoms with van der Waals surface area (Å²) in [5.74, 6) is 0. The average molecular weight is 156 g/mol. The minimum atomic E-state index is 0.728. The molecule has 0 saturated heterocycles. The minimum Gasteiger partial charge on any atom is -0.405 e. The summed E-state index contributed by atoms with van der Waals surface area (Å²) in [6, 6.07) is 0. The first-order chi connectivity index (χ1) is 5.41. The molecular formula is C8H16N2O. The van der Waals surface area contributed by atoms with Crippen LogP contribution in [0.1, 0.15) is 12.8 Å². The van der Waals surface area contributed by atoms with Gasteiger partial charge in [-0.25, -0.2) is 0 Å². The van der Waals surface area contributed by atoms with Crippen molar-refractivity contribution < 1.29 is 4.74 Å². The molecule has 0 rings (SSSR count). The van der Waals surface area contributed by atoms with Gasteiger partial charge in [0.2, 0.25) is 0 Å². The van der Waals surface area contributed by atoms with Crippen molar-refractivity contribution in [1.82, 2.24) is 0 Å². The molecular weight excluding hydrogens is 140 g/mol. The summed E-state index contributed by atoms with van der Waals surface area (Å²) in [5, 5.41) is 0. The smallest absolute Gasteiger partial charge is 0.0501 e. The Morgan fingerprint density at radius 1 is 0.909 bits per heavy atom. The lowest BCUT2D eigenvalue weighted by Gasteiger charge is -1.97. The van der Waals surface area contributed by atoms with Gasteiger partial charge in [0.1, 0.15) is 0 Å². The molecule has 0 aliphatic carbocycles. The fourth-order valence-electron chi connectivity index (χ4n) is 0.597. The SMILES string of the molecule is NC=CCCOCCC=CN. The van der Waals surface area contributed by atoms with Crippen molar-refractivity contribution in [3.05, 3.63) is 24.6 Å². The quantitative estimate of drug-likeness (QED) is 0.557. The van der Waals surface area contributed by atoms with E-state index in [1.807, 2.05) is 12.2 Å². The highest BCUT2D eigenvalue weighted by Crippen LogP contribution is 1.87. The highest BCUT2D eigenvalue weighted by molar-refractivity contribution is 4.76. The van der Waals surface area contributed by atoms with Crippen LogP contribution in [0.3, 0.4) is 0 Å². The predicted octanol–water partition coefficient (Wildman–Crippen LogP) is 0.728. The highest BCUT2D eigenvalue weighted by atomic mass is 16.5. The maximum atomic E-state index is 5.22. The second-order valence-corrected chi connectivity index (χ2v) is 2.05. The third-order valence-corrected chi connectivity index (χ3v) is 1.13. The van der Waals surface area contributed by atoms with Gasteiger partial charge in [0.25, 0.3) is 0 Å². The molecule has 0 heterocycles. The van der Waals surface area contributed by atoms with Gasteiger partial charge in [0.15, 0.2) is 0 Å². The van der Waals surface area contributed by atoms with Crippen molar-refractivity contribution >= 4 is 0 Å². The monoisotopic (exact) mass is 156 g/mol. The predicted molar refractivity (Wildman–Crippen MR) is 46.7 cm³/mol. The van der Waals surface area contributed by atoms with Crippen LogP contribution in [0.4, 0.5) is 0 Å². The Hall–Kier alpha value is -0.960. The third kappa shape index (κ3) is 9.04. The third-order valence-electron chi connectivity index (χ3n) is 1.13. The van der Waals surface area contributed by atoms with Crippen LogP contribution >= 0.6 is 0 Å². The number of ether oxygens (including phenoxy) is 1. The highest BCUT2D eigenvalue weighted by Gasteiger charge is 1.82. The Bertz CT molecular complexity index is 107. The van der Waals surface area contributed by atoms with E-state index in [0.717, 1.165) is 26.1 Å². The lowest BCUT2D eigenvalue weighted by atomic mass is 10.4. The summed E-state index contributed by atoms with van der Waals surface area (Å²) in [6.45, 7) is 1.46. The molecule has 0 spiro atoms. The van der Waals surface area contributed by atoms with Crippen LogP contribution in [0.2, 0.25) is 0 Å². The van der Waals surface area contributed by atoms with Crippen LogP contribution in [0, 0.1) is 0 Å². The normalized spacial score (nSPS) is 11.6. The standard InChI is InChI=1S/C8H16N2O/c9-5-1-3-7-11-8-4-2-6-10/h1-2,5-6H,3-4,7-10H2. The Kier molecular flexibility index (Phi) is 8.25. The molecule has 0 atom stereocenters. The first kappa shape index (κ1) is 10.0. The average Bonchev–Trinajstić information content (AvgIpc) is 2.03. The van der Waals surface area contributed by atoms with Gasteiger partial charge in [0.05, 0.1) is 13.2 Å². The molecule has 0 unspecified atom stereocenters. The number of hydrogen-bond acceptors (Lipinski definition) is 3. The Labute approximate surface area is 67.7 Å². The van der Waals surface area contributed by atoms with Gasteiger partial charge < -0.3 is 16.2 Å². The molecule has 4 N–H and O–H groups in total. The summed E-state index contributed by atoms with van der Waals surface area (Å²) in [7, 11) is 0. The van der Waals surface area contributed by atoms with E-state index in [4.69, 9.17) is 16.2 Å². The van der Waals surface area contributed by atoms with Crippen LogP contribution in [0.5, 0.6) is 0 Å². The largest absolute Gasteiger partial charge is 0.405 e. The van der Waals surface area contributed by atoms with E-state index in [1.54, 1.807) is 0 Å². The summed E-state index contributed by atoms with van der Waals surface area (Å²) >= 11 is 0. The first-order valence-corrected chi connectivity index (χ1v) is 3.73. The number of nitrogens with two attached hydrogens (primary N) is 2. The summed E-state index contributed by atoms with van der Waals surface area (Å²) < 4.78 is 5.22. The van der Waals surface area contributed by atoms with Crippen molar-refractivity contribution in [3.63, 3.8) is 0 Å². The van der Waals surface area contributed by atoms with Gasteiger partial charge in [0, 0.05) is 0 Å². The van der Waals surface area contributed by atoms with Gasteiger partial charge >= 0.3 is 0 Å². The second-order valence-electron chi connectivity index (χ2n) is 2.05.